The summed E-state index contributed by atoms with van der Waals surface area (Å²) in [5.74, 6) is 3.51. The highest BCUT2D eigenvalue weighted by Crippen LogP contribution is 2.45. The van der Waals surface area contributed by atoms with Crippen LogP contribution >= 0.6 is 0 Å². The molecule has 0 saturated heterocycles. The largest absolute Gasteiger partial charge is 0.497 e. The Balaban J connectivity index is 1.71. The van der Waals surface area contributed by atoms with E-state index in [4.69, 9.17) is 23.5 Å². The Bertz CT molecular complexity index is 1280. The highest BCUT2D eigenvalue weighted by molar-refractivity contribution is 5.80. The van der Waals surface area contributed by atoms with Gasteiger partial charge in [0.05, 0.1) is 40.3 Å². The predicted octanol–water partition coefficient (Wildman–Crippen LogP) is 5.38. The fourth-order valence-corrected chi connectivity index (χ4v) is 4.77. The molecule has 0 aliphatic heterocycles. The summed E-state index contributed by atoms with van der Waals surface area (Å²) in [6.07, 6.45) is 6.91. The van der Waals surface area contributed by atoms with Gasteiger partial charge < -0.3 is 28.0 Å². The Morgan fingerprint density at radius 2 is 1.65 bits per heavy atom. The smallest absolute Gasteiger partial charge is 0.203 e. The van der Waals surface area contributed by atoms with Crippen molar-refractivity contribution in [2.45, 2.75) is 25.8 Å². The average Bonchev–Trinajstić information content (AvgIpc) is 3.44. The molecule has 0 spiro atoms. The first-order valence-electron chi connectivity index (χ1n) is 11.3. The van der Waals surface area contributed by atoms with Crippen LogP contribution in [0.1, 0.15) is 23.1 Å². The molecule has 5 rings (SSSR count). The molecule has 7 heteroatoms. The van der Waals surface area contributed by atoms with Gasteiger partial charge in [0.2, 0.25) is 5.75 Å². The number of nitrogens with zero attached hydrogens (tertiary/aromatic N) is 2. The molecule has 34 heavy (non-hydrogen) atoms. The molecule has 2 aromatic heterocycles. The van der Waals surface area contributed by atoms with Crippen LogP contribution in [0.3, 0.4) is 0 Å². The minimum absolute atomic E-state index is 0.575. The minimum Gasteiger partial charge on any atom is -0.497 e. The lowest BCUT2D eigenvalue weighted by molar-refractivity contribution is 0.324. The summed E-state index contributed by atoms with van der Waals surface area (Å²) >= 11 is 0. The second kappa shape index (κ2) is 9.17. The lowest BCUT2D eigenvalue weighted by atomic mass is 10.00. The number of hydrogen-bond acceptors (Lipinski definition) is 6. The molecule has 4 aromatic rings. The lowest BCUT2D eigenvalue weighted by Gasteiger charge is -2.17. The SMILES string of the molecule is COc1ccc(Cn2cc3c(c2-c2cc(OC)c(OC)c(OC)c2)CCCc2cnoc2-3)cc1. The van der Waals surface area contributed by atoms with Crippen LogP contribution in [-0.4, -0.2) is 38.2 Å². The van der Waals surface area contributed by atoms with Crippen LogP contribution in [0.15, 0.2) is 53.3 Å². The van der Waals surface area contributed by atoms with Crippen molar-refractivity contribution in [3.05, 3.63) is 65.5 Å². The molecular formula is C27H28N2O5. The molecule has 0 amide bonds. The van der Waals surface area contributed by atoms with E-state index in [0.717, 1.165) is 58.7 Å². The highest BCUT2D eigenvalue weighted by atomic mass is 16.5. The maximum atomic E-state index is 5.72. The minimum atomic E-state index is 0.575. The summed E-state index contributed by atoms with van der Waals surface area (Å²) < 4.78 is 30.2. The monoisotopic (exact) mass is 460 g/mol. The van der Waals surface area contributed by atoms with Gasteiger partial charge in [-0.1, -0.05) is 17.3 Å². The van der Waals surface area contributed by atoms with Crippen LogP contribution in [0.4, 0.5) is 0 Å². The number of rotatable bonds is 7. The van der Waals surface area contributed by atoms with E-state index in [-0.39, 0.29) is 0 Å². The molecule has 0 unspecified atom stereocenters. The van der Waals surface area contributed by atoms with Crippen molar-refractivity contribution in [3.8, 4) is 45.6 Å². The van der Waals surface area contributed by atoms with Gasteiger partial charge in [0, 0.05) is 29.4 Å². The summed E-state index contributed by atoms with van der Waals surface area (Å²) in [4.78, 5) is 0. The van der Waals surface area contributed by atoms with Crippen LogP contribution in [0.2, 0.25) is 0 Å². The summed E-state index contributed by atoms with van der Waals surface area (Å²) in [6, 6.07) is 12.2. The molecule has 0 N–H and O–H groups in total. The van der Waals surface area contributed by atoms with Crippen LogP contribution in [0.5, 0.6) is 23.0 Å². The number of fused-ring (bicyclic) bond motifs is 3. The second-order valence-corrected chi connectivity index (χ2v) is 8.29. The van der Waals surface area contributed by atoms with Crippen LogP contribution in [0, 0.1) is 0 Å². The maximum Gasteiger partial charge on any atom is 0.203 e. The Labute approximate surface area is 198 Å². The van der Waals surface area contributed by atoms with Crippen molar-refractivity contribution in [1.82, 2.24) is 9.72 Å². The summed E-state index contributed by atoms with van der Waals surface area (Å²) in [6.45, 7) is 0.687. The molecule has 2 aromatic carbocycles. The quantitative estimate of drug-likeness (QED) is 0.369. The fourth-order valence-electron chi connectivity index (χ4n) is 4.77. The van der Waals surface area contributed by atoms with Crippen molar-refractivity contribution >= 4 is 0 Å². The van der Waals surface area contributed by atoms with Crippen molar-refractivity contribution in [2.24, 2.45) is 0 Å². The van der Waals surface area contributed by atoms with E-state index in [1.165, 1.54) is 5.56 Å². The Morgan fingerprint density at radius 3 is 2.29 bits per heavy atom. The Kier molecular flexibility index (Phi) is 5.92. The number of aryl methyl sites for hydroxylation is 1. The van der Waals surface area contributed by atoms with E-state index in [1.807, 2.05) is 30.5 Å². The van der Waals surface area contributed by atoms with E-state index in [0.29, 0.717) is 23.8 Å². The molecule has 176 valence electrons. The Morgan fingerprint density at radius 1 is 0.912 bits per heavy atom. The number of hydrogen-bond donors (Lipinski definition) is 0. The van der Waals surface area contributed by atoms with Crippen LogP contribution in [-0.2, 0) is 19.4 Å². The van der Waals surface area contributed by atoms with E-state index < -0.39 is 0 Å². The second-order valence-electron chi connectivity index (χ2n) is 8.29. The zero-order valence-corrected chi connectivity index (χ0v) is 19.9. The maximum absolute atomic E-state index is 5.72. The van der Waals surface area contributed by atoms with E-state index in [1.54, 1.807) is 28.4 Å². The molecule has 1 aliphatic rings. The number of methoxy groups -OCH3 is 4. The molecular weight excluding hydrogens is 432 g/mol. The molecule has 0 atom stereocenters. The molecule has 7 nitrogen and oxygen atoms in total. The van der Waals surface area contributed by atoms with Gasteiger partial charge in [-0.2, -0.15) is 0 Å². The van der Waals surface area contributed by atoms with Gasteiger partial charge in [0.25, 0.3) is 0 Å². The first kappa shape index (κ1) is 21.9. The third kappa shape index (κ3) is 3.77. The lowest BCUT2D eigenvalue weighted by Crippen LogP contribution is -2.03. The average molecular weight is 461 g/mol. The number of ether oxygens (including phenoxy) is 4. The molecule has 2 heterocycles. The van der Waals surface area contributed by atoms with Crippen molar-refractivity contribution < 1.29 is 23.5 Å². The molecule has 0 saturated carbocycles. The van der Waals surface area contributed by atoms with Gasteiger partial charge in [-0.3, -0.25) is 0 Å². The molecule has 0 fully saturated rings. The topological polar surface area (TPSA) is 67.9 Å². The number of aromatic nitrogens is 2. The first-order valence-corrected chi connectivity index (χ1v) is 11.3. The van der Waals surface area contributed by atoms with Gasteiger partial charge in [-0.15, -0.1) is 0 Å². The van der Waals surface area contributed by atoms with E-state index >= 15 is 0 Å². The van der Waals surface area contributed by atoms with Crippen molar-refractivity contribution in [3.63, 3.8) is 0 Å². The highest BCUT2D eigenvalue weighted by Gasteiger charge is 2.27. The summed E-state index contributed by atoms with van der Waals surface area (Å²) in [5, 5.41) is 4.08. The fraction of sp³-hybridized carbons (Fsp3) is 0.296. The zero-order valence-electron chi connectivity index (χ0n) is 19.9. The van der Waals surface area contributed by atoms with Crippen LogP contribution in [0.25, 0.3) is 22.6 Å². The Hall–Kier alpha value is -3.87. The van der Waals surface area contributed by atoms with Crippen molar-refractivity contribution in [1.29, 1.82) is 0 Å². The van der Waals surface area contributed by atoms with Gasteiger partial charge in [0.1, 0.15) is 5.75 Å². The van der Waals surface area contributed by atoms with Gasteiger partial charge in [0.15, 0.2) is 17.3 Å². The van der Waals surface area contributed by atoms with Gasteiger partial charge in [-0.25, -0.2) is 0 Å². The molecule has 0 radical (unpaired) electrons. The van der Waals surface area contributed by atoms with Gasteiger partial charge in [-0.05, 0) is 54.7 Å². The molecule has 1 aliphatic carbocycles. The molecule has 0 bridgehead atoms. The zero-order chi connectivity index (χ0) is 23.7. The predicted molar refractivity (Wildman–Crippen MR) is 129 cm³/mol. The van der Waals surface area contributed by atoms with Crippen molar-refractivity contribution in [2.75, 3.05) is 28.4 Å². The number of benzene rings is 2. The third-order valence-corrected chi connectivity index (χ3v) is 6.39. The third-order valence-electron chi connectivity index (χ3n) is 6.39. The van der Waals surface area contributed by atoms with E-state index in [9.17, 15) is 0 Å². The first-order chi connectivity index (χ1) is 16.7. The standard InChI is InChI=1S/C27H28N2O5/c1-30-20-10-8-17(9-11-20)15-29-16-22-21(7-5-6-18-14-28-34-26(18)22)25(29)19-12-23(31-2)27(33-4)24(13-19)32-3/h8-14,16H,5-7,15H2,1-4H3. The summed E-state index contributed by atoms with van der Waals surface area (Å²) in [7, 11) is 6.57. The van der Waals surface area contributed by atoms with Gasteiger partial charge >= 0.3 is 0 Å². The van der Waals surface area contributed by atoms with E-state index in [2.05, 4.69) is 28.1 Å². The van der Waals surface area contributed by atoms with Crippen LogP contribution < -0.4 is 18.9 Å². The normalized spacial score (nSPS) is 12.5. The summed E-state index contributed by atoms with van der Waals surface area (Å²) in [5.41, 5.74) is 6.73.